The number of nitrogens with zero attached hydrogens (tertiary/aromatic N) is 1. The van der Waals surface area contributed by atoms with Crippen LogP contribution < -0.4 is 15.5 Å². The molecule has 0 spiro atoms. The molecule has 0 aliphatic rings. The van der Waals surface area contributed by atoms with Crippen molar-refractivity contribution in [1.82, 2.24) is 9.88 Å². The molecule has 5 nitrogen and oxygen atoms in total. The lowest BCUT2D eigenvalue weighted by Gasteiger charge is -2.18. The van der Waals surface area contributed by atoms with E-state index >= 15 is 0 Å². The largest absolute Gasteiger partial charge is 0.496 e. The number of hydrogen-bond acceptors (Lipinski definition) is 3. The van der Waals surface area contributed by atoms with Crippen LogP contribution in [0, 0.1) is 0 Å². The van der Waals surface area contributed by atoms with Crippen LogP contribution in [0.25, 0.3) is 10.9 Å². The van der Waals surface area contributed by atoms with Gasteiger partial charge < -0.3 is 14.6 Å². The van der Waals surface area contributed by atoms with E-state index in [0.29, 0.717) is 17.7 Å². The van der Waals surface area contributed by atoms with Crippen molar-refractivity contribution in [3.63, 3.8) is 0 Å². The monoisotopic (exact) mass is 350 g/mol. The van der Waals surface area contributed by atoms with Crippen molar-refractivity contribution in [3.8, 4) is 5.75 Å². The van der Waals surface area contributed by atoms with Gasteiger partial charge in [-0.25, -0.2) is 0 Å². The van der Waals surface area contributed by atoms with Crippen LogP contribution in [0.15, 0.2) is 59.5 Å². The van der Waals surface area contributed by atoms with E-state index in [1.165, 1.54) is 0 Å². The Bertz CT molecular complexity index is 1010. The third kappa shape index (κ3) is 3.20. The maximum Gasteiger partial charge on any atom is 0.257 e. The number of fused-ring (bicyclic) bond motifs is 1. The first kappa shape index (κ1) is 17.7. The van der Waals surface area contributed by atoms with E-state index < -0.39 is 0 Å². The molecule has 1 aromatic heterocycles. The highest BCUT2D eigenvalue weighted by molar-refractivity contribution is 5.97. The molecule has 26 heavy (non-hydrogen) atoms. The van der Waals surface area contributed by atoms with Gasteiger partial charge in [-0.2, -0.15) is 0 Å². The van der Waals surface area contributed by atoms with Crippen LogP contribution in [0.3, 0.4) is 0 Å². The molecule has 2 aromatic carbocycles. The molecule has 0 saturated carbocycles. The summed E-state index contributed by atoms with van der Waals surface area (Å²) in [5.74, 6) is 0.311. The number of aryl methyl sites for hydroxylation is 1. The SMILES string of the molecule is CCn1cc(C(=O)N[C@H](C)c2ccccc2OC)c(=O)c2ccccc21. The van der Waals surface area contributed by atoms with Crippen LogP contribution in [0.1, 0.15) is 35.8 Å². The Morgan fingerprint density at radius 2 is 1.85 bits per heavy atom. The number of benzene rings is 2. The summed E-state index contributed by atoms with van der Waals surface area (Å²) in [6.07, 6.45) is 1.63. The third-order valence-corrected chi connectivity index (χ3v) is 4.53. The lowest BCUT2D eigenvalue weighted by atomic mass is 10.1. The average molecular weight is 350 g/mol. The number of rotatable bonds is 5. The average Bonchev–Trinajstić information content (AvgIpc) is 2.68. The Hall–Kier alpha value is -3.08. The second kappa shape index (κ2) is 7.44. The summed E-state index contributed by atoms with van der Waals surface area (Å²) in [5, 5.41) is 3.46. The second-order valence-electron chi connectivity index (χ2n) is 6.11. The fourth-order valence-corrected chi connectivity index (χ4v) is 3.14. The van der Waals surface area contributed by atoms with E-state index in [4.69, 9.17) is 4.74 Å². The molecule has 5 heteroatoms. The van der Waals surface area contributed by atoms with Crippen LogP contribution in [0.4, 0.5) is 0 Å². The van der Waals surface area contributed by atoms with E-state index in [2.05, 4.69) is 5.32 Å². The van der Waals surface area contributed by atoms with Gasteiger partial charge >= 0.3 is 0 Å². The number of amides is 1. The van der Waals surface area contributed by atoms with E-state index in [1.807, 2.05) is 60.9 Å². The Labute approximate surface area is 152 Å². The number of hydrogen-bond donors (Lipinski definition) is 1. The fraction of sp³-hybridized carbons (Fsp3) is 0.238. The summed E-state index contributed by atoms with van der Waals surface area (Å²) < 4.78 is 7.27. The third-order valence-electron chi connectivity index (χ3n) is 4.53. The summed E-state index contributed by atoms with van der Waals surface area (Å²) in [4.78, 5) is 25.6. The first-order chi connectivity index (χ1) is 12.6. The Morgan fingerprint density at radius 3 is 2.58 bits per heavy atom. The van der Waals surface area contributed by atoms with Gasteiger partial charge in [-0.05, 0) is 32.0 Å². The van der Waals surface area contributed by atoms with Crippen LogP contribution in [-0.4, -0.2) is 17.6 Å². The molecule has 1 N–H and O–H groups in total. The van der Waals surface area contributed by atoms with Gasteiger partial charge in [0.2, 0.25) is 5.43 Å². The minimum absolute atomic E-state index is 0.146. The molecule has 0 saturated heterocycles. The lowest BCUT2D eigenvalue weighted by Crippen LogP contribution is -2.32. The smallest absolute Gasteiger partial charge is 0.257 e. The molecule has 0 unspecified atom stereocenters. The maximum absolute atomic E-state index is 12.8. The number of aromatic nitrogens is 1. The Kier molecular flexibility index (Phi) is 5.07. The molecule has 3 aromatic rings. The Balaban J connectivity index is 1.98. The molecular weight excluding hydrogens is 328 g/mol. The lowest BCUT2D eigenvalue weighted by molar-refractivity contribution is 0.0938. The number of carbonyl (C=O) groups is 1. The standard InChI is InChI=1S/C21H22N2O3/c1-4-23-13-17(20(24)16-10-5-7-11-18(16)23)21(25)22-14(2)15-9-6-8-12-19(15)26-3/h5-14H,4H2,1-3H3,(H,22,25)/t14-/m1/s1. The van der Waals surface area contributed by atoms with Gasteiger partial charge in [-0.1, -0.05) is 30.3 Å². The minimum atomic E-state index is -0.388. The Morgan fingerprint density at radius 1 is 1.15 bits per heavy atom. The quantitative estimate of drug-likeness (QED) is 0.766. The van der Waals surface area contributed by atoms with Crippen molar-refractivity contribution >= 4 is 16.8 Å². The molecule has 1 atom stereocenters. The molecule has 0 aliphatic carbocycles. The maximum atomic E-state index is 12.8. The zero-order valence-electron chi connectivity index (χ0n) is 15.2. The first-order valence-electron chi connectivity index (χ1n) is 8.62. The number of pyridine rings is 1. The highest BCUT2D eigenvalue weighted by atomic mass is 16.5. The van der Waals surface area contributed by atoms with Crippen molar-refractivity contribution in [3.05, 3.63) is 76.1 Å². The van der Waals surface area contributed by atoms with Gasteiger partial charge in [-0.15, -0.1) is 0 Å². The van der Waals surface area contributed by atoms with Crippen molar-refractivity contribution in [2.45, 2.75) is 26.4 Å². The van der Waals surface area contributed by atoms with Crippen molar-refractivity contribution in [2.24, 2.45) is 0 Å². The second-order valence-corrected chi connectivity index (χ2v) is 6.11. The zero-order valence-corrected chi connectivity index (χ0v) is 15.2. The number of carbonyl (C=O) groups excluding carboxylic acids is 1. The summed E-state index contributed by atoms with van der Waals surface area (Å²) in [5.41, 5.74) is 1.58. The van der Waals surface area contributed by atoms with Gasteiger partial charge in [0, 0.05) is 23.7 Å². The number of para-hydroxylation sites is 2. The first-order valence-corrected chi connectivity index (χ1v) is 8.62. The fourth-order valence-electron chi connectivity index (χ4n) is 3.14. The van der Waals surface area contributed by atoms with E-state index in [-0.39, 0.29) is 22.9 Å². The van der Waals surface area contributed by atoms with E-state index in [0.717, 1.165) is 11.1 Å². The molecule has 1 heterocycles. The topological polar surface area (TPSA) is 60.3 Å². The number of ether oxygens (including phenoxy) is 1. The molecule has 0 radical (unpaired) electrons. The number of methoxy groups -OCH3 is 1. The van der Waals surface area contributed by atoms with E-state index in [1.54, 1.807) is 19.4 Å². The van der Waals surface area contributed by atoms with Gasteiger partial charge in [0.25, 0.3) is 5.91 Å². The predicted octanol–water partition coefficient (Wildman–Crippen LogP) is 3.52. The van der Waals surface area contributed by atoms with E-state index in [9.17, 15) is 9.59 Å². The summed E-state index contributed by atoms with van der Waals surface area (Å²) in [6.45, 7) is 4.52. The van der Waals surface area contributed by atoms with Crippen LogP contribution in [0.2, 0.25) is 0 Å². The van der Waals surface area contributed by atoms with Gasteiger partial charge in [0.15, 0.2) is 0 Å². The molecule has 0 aliphatic heterocycles. The molecular formula is C21H22N2O3. The van der Waals surface area contributed by atoms with Crippen LogP contribution >= 0.6 is 0 Å². The predicted molar refractivity (Wildman–Crippen MR) is 103 cm³/mol. The van der Waals surface area contributed by atoms with Crippen molar-refractivity contribution < 1.29 is 9.53 Å². The molecule has 1 amide bonds. The summed E-state index contributed by atoms with van der Waals surface area (Å²) in [6, 6.07) is 14.6. The highest BCUT2D eigenvalue weighted by Crippen LogP contribution is 2.24. The normalized spacial score (nSPS) is 12.0. The van der Waals surface area contributed by atoms with Gasteiger partial charge in [0.05, 0.1) is 18.7 Å². The van der Waals surface area contributed by atoms with Crippen LogP contribution in [0.5, 0.6) is 5.75 Å². The summed E-state index contributed by atoms with van der Waals surface area (Å²) in [7, 11) is 1.59. The van der Waals surface area contributed by atoms with Crippen molar-refractivity contribution in [1.29, 1.82) is 0 Å². The molecule has 0 fully saturated rings. The van der Waals surface area contributed by atoms with Gasteiger partial charge in [-0.3, -0.25) is 9.59 Å². The van der Waals surface area contributed by atoms with Crippen molar-refractivity contribution in [2.75, 3.05) is 7.11 Å². The minimum Gasteiger partial charge on any atom is -0.496 e. The summed E-state index contributed by atoms with van der Waals surface area (Å²) >= 11 is 0. The van der Waals surface area contributed by atoms with Gasteiger partial charge in [0.1, 0.15) is 11.3 Å². The highest BCUT2D eigenvalue weighted by Gasteiger charge is 2.19. The molecule has 3 rings (SSSR count). The van der Waals surface area contributed by atoms with Crippen LogP contribution in [-0.2, 0) is 6.54 Å². The molecule has 134 valence electrons. The molecule has 0 bridgehead atoms. The zero-order chi connectivity index (χ0) is 18.7. The number of nitrogens with one attached hydrogen (secondary N) is 1.